The van der Waals surface area contributed by atoms with Gasteiger partial charge in [-0.1, -0.05) is 60.1 Å². The van der Waals surface area contributed by atoms with Crippen LogP contribution in [-0.2, 0) is 32.4 Å². The lowest BCUT2D eigenvalue weighted by molar-refractivity contribution is -0.118. The molecule has 1 saturated heterocycles. The highest BCUT2D eigenvalue weighted by Gasteiger charge is 2.38. The van der Waals surface area contributed by atoms with Crippen molar-refractivity contribution in [1.82, 2.24) is 14.9 Å². The van der Waals surface area contributed by atoms with Crippen LogP contribution in [0.4, 0.5) is 19.3 Å². The van der Waals surface area contributed by atoms with E-state index < -0.39 is 45.6 Å². The fourth-order valence-corrected chi connectivity index (χ4v) is 8.57. The number of anilines is 1. The number of amides is 2. The molecule has 1 heterocycles. The van der Waals surface area contributed by atoms with E-state index in [2.05, 4.69) is 16.0 Å². The number of alkyl carbamates (subject to hydrolysis) is 1. The van der Waals surface area contributed by atoms with Gasteiger partial charge >= 0.3 is 6.09 Å². The minimum Gasteiger partial charge on any atom is -0.453 e. The van der Waals surface area contributed by atoms with Crippen molar-refractivity contribution in [3.05, 3.63) is 130 Å². The van der Waals surface area contributed by atoms with Crippen LogP contribution in [-0.4, -0.2) is 63.0 Å². The van der Waals surface area contributed by atoms with Crippen LogP contribution in [0.15, 0.2) is 102 Å². The van der Waals surface area contributed by atoms with E-state index >= 15 is 4.39 Å². The summed E-state index contributed by atoms with van der Waals surface area (Å²) in [5.74, 6) is -2.24. The highest BCUT2D eigenvalue weighted by Crippen LogP contribution is 2.30. The van der Waals surface area contributed by atoms with E-state index in [-0.39, 0.29) is 41.1 Å². The fraction of sp³-hybridized carbons (Fsp3) is 0.316. The number of carbonyl (C=O) groups is 2. The van der Waals surface area contributed by atoms with Gasteiger partial charge in [-0.25, -0.2) is 22.0 Å². The summed E-state index contributed by atoms with van der Waals surface area (Å²) in [7, 11) is -2.59. The molecule has 2 amide bonds. The number of halogens is 3. The number of carbonyl (C=O) groups excluding carboxylic acids is 2. The van der Waals surface area contributed by atoms with Crippen LogP contribution < -0.4 is 16.0 Å². The number of hydrogen-bond acceptors (Lipinski definition) is 6. The number of nitrogens with zero attached hydrogens (tertiary/aromatic N) is 1. The average Bonchev–Trinajstić information content (AvgIpc) is 3.12. The molecule has 5 rings (SSSR count). The Labute approximate surface area is 302 Å². The van der Waals surface area contributed by atoms with Crippen LogP contribution in [0.1, 0.15) is 42.4 Å². The average molecular weight is 739 g/mol. The van der Waals surface area contributed by atoms with Crippen molar-refractivity contribution in [2.24, 2.45) is 0 Å². The molecule has 4 aromatic carbocycles. The van der Waals surface area contributed by atoms with Crippen LogP contribution in [0.5, 0.6) is 0 Å². The summed E-state index contributed by atoms with van der Waals surface area (Å²) in [5.41, 5.74) is 1.85. The van der Waals surface area contributed by atoms with Crippen LogP contribution in [0.3, 0.4) is 0 Å². The summed E-state index contributed by atoms with van der Waals surface area (Å²) < 4.78 is 62.9. The third-order valence-corrected chi connectivity index (χ3v) is 11.4. The normalized spacial score (nSPS) is 17.7. The number of benzene rings is 4. The molecule has 1 aliphatic rings. The Kier molecular flexibility index (Phi) is 12.8. The Balaban J connectivity index is 1.38. The monoisotopic (exact) mass is 738 g/mol. The van der Waals surface area contributed by atoms with Crippen LogP contribution in [0, 0.1) is 11.6 Å². The van der Waals surface area contributed by atoms with E-state index in [1.54, 1.807) is 77.1 Å². The van der Waals surface area contributed by atoms with Crippen LogP contribution >= 0.6 is 11.6 Å². The molecule has 3 N–H and O–H groups in total. The molecular formula is C38H41ClF2N4O5S. The van der Waals surface area contributed by atoms with Gasteiger partial charge in [-0.05, 0) is 92.3 Å². The molecule has 9 nitrogen and oxygen atoms in total. The van der Waals surface area contributed by atoms with E-state index in [0.717, 1.165) is 0 Å². The van der Waals surface area contributed by atoms with Gasteiger partial charge in [0, 0.05) is 47.4 Å². The van der Waals surface area contributed by atoms with Crippen molar-refractivity contribution >= 4 is 39.3 Å². The zero-order valence-electron chi connectivity index (χ0n) is 28.3. The van der Waals surface area contributed by atoms with Gasteiger partial charge in [0.15, 0.2) is 0 Å². The Morgan fingerprint density at radius 2 is 1.67 bits per heavy atom. The molecule has 1 fully saturated rings. The van der Waals surface area contributed by atoms with Crippen LogP contribution in [0.2, 0.25) is 5.02 Å². The summed E-state index contributed by atoms with van der Waals surface area (Å²) in [6, 6.07) is 23.5. The zero-order chi connectivity index (χ0) is 36.5. The predicted molar refractivity (Wildman–Crippen MR) is 193 cm³/mol. The van der Waals surface area contributed by atoms with Crippen molar-refractivity contribution < 1.29 is 31.5 Å². The minimum absolute atomic E-state index is 0.206. The van der Waals surface area contributed by atoms with Crippen molar-refractivity contribution in [1.29, 1.82) is 0 Å². The summed E-state index contributed by atoms with van der Waals surface area (Å²) >= 11 is 6.16. The van der Waals surface area contributed by atoms with Gasteiger partial charge < -0.3 is 20.7 Å². The van der Waals surface area contributed by atoms with E-state index in [0.29, 0.717) is 42.1 Å². The Hall–Kier alpha value is -4.36. The molecule has 0 saturated carbocycles. The van der Waals surface area contributed by atoms with Gasteiger partial charge in [-0.3, -0.25) is 4.79 Å². The van der Waals surface area contributed by atoms with E-state index in [9.17, 15) is 22.4 Å². The van der Waals surface area contributed by atoms with Crippen molar-refractivity contribution in [2.45, 2.75) is 61.5 Å². The van der Waals surface area contributed by atoms with Gasteiger partial charge in [-0.2, -0.15) is 4.31 Å². The molecule has 0 radical (unpaired) electrons. The van der Waals surface area contributed by atoms with Gasteiger partial charge in [0.1, 0.15) is 17.7 Å². The smallest absolute Gasteiger partial charge is 0.407 e. The number of rotatable bonds is 13. The SMILES string of the molecule is COC(=O)N[C@H](C(=O)Nc1cccc(F)c1CCC[C@H]1CNC[C@H](C)N1S(=O)(=O)c1ccccc1)[C@@H](Cc1ccc(F)cc1)c1ccc(Cl)cc1. The molecule has 0 bridgehead atoms. The highest BCUT2D eigenvalue weighted by molar-refractivity contribution is 7.89. The largest absolute Gasteiger partial charge is 0.453 e. The first-order valence-corrected chi connectivity index (χ1v) is 18.5. The molecule has 0 spiro atoms. The van der Waals surface area contributed by atoms with Gasteiger partial charge in [0.2, 0.25) is 15.9 Å². The molecule has 0 aliphatic carbocycles. The zero-order valence-corrected chi connectivity index (χ0v) is 29.9. The fourth-order valence-electron chi connectivity index (χ4n) is 6.58. The maximum absolute atomic E-state index is 15.5. The number of nitrogens with one attached hydrogen (secondary N) is 3. The first-order chi connectivity index (χ1) is 24.5. The first-order valence-electron chi connectivity index (χ1n) is 16.7. The second-order valence-electron chi connectivity index (χ2n) is 12.6. The van der Waals surface area contributed by atoms with E-state index in [1.807, 2.05) is 6.92 Å². The molecule has 4 atom stereocenters. The molecule has 0 aromatic heterocycles. The van der Waals surface area contributed by atoms with Crippen molar-refractivity contribution in [2.75, 3.05) is 25.5 Å². The molecule has 51 heavy (non-hydrogen) atoms. The van der Waals surface area contributed by atoms with E-state index in [4.69, 9.17) is 16.3 Å². The molecule has 1 aliphatic heterocycles. The molecule has 13 heteroatoms. The van der Waals surface area contributed by atoms with Crippen molar-refractivity contribution in [3.8, 4) is 0 Å². The highest BCUT2D eigenvalue weighted by atomic mass is 35.5. The van der Waals surface area contributed by atoms with Gasteiger partial charge in [0.05, 0.1) is 12.0 Å². The van der Waals surface area contributed by atoms with Crippen molar-refractivity contribution in [3.63, 3.8) is 0 Å². The first kappa shape index (κ1) is 37.9. The Morgan fingerprint density at radius 1 is 0.961 bits per heavy atom. The lowest BCUT2D eigenvalue weighted by Crippen LogP contribution is -2.58. The third-order valence-electron chi connectivity index (χ3n) is 9.08. The molecular weight excluding hydrogens is 698 g/mol. The quantitative estimate of drug-likeness (QED) is 0.141. The third kappa shape index (κ3) is 9.50. The van der Waals surface area contributed by atoms with Gasteiger partial charge in [-0.15, -0.1) is 0 Å². The number of methoxy groups -OCH3 is 1. The summed E-state index contributed by atoms with van der Waals surface area (Å²) in [4.78, 5) is 26.9. The molecule has 4 aromatic rings. The lowest BCUT2D eigenvalue weighted by atomic mass is 9.85. The maximum Gasteiger partial charge on any atom is 0.407 e. The summed E-state index contributed by atoms with van der Waals surface area (Å²) in [6.07, 6.45) is 0.450. The minimum atomic E-state index is -3.78. The second-order valence-corrected chi connectivity index (χ2v) is 14.8. The standard InChI is InChI=1S/C38H41ClF2N4O5S/c1-25-23-42-24-30(45(25)51(48,49)31-9-4-3-5-10-31)8-6-11-32-34(41)12-7-13-35(32)43-37(46)36(44-38(47)50-2)33(27-16-18-28(39)19-17-27)22-26-14-20-29(40)21-15-26/h3-5,7,9-10,12-21,25,30,33,36,42H,6,8,11,22-24H2,1-2H3,(H,43,46)(H,44,47)/t25-,30-,33-,36-/m0/s1. The number of hydrogen-bond donors (Lipinski definition) is 3. The Morgan fingerprint density at radius 3 is 2.35 bits per heavy atom. The number of sulfonamides is 1. The molecule has 270 valence electrons. The van der Waals surface area contributed by atoms with Crippen LogP contribution in [0.25, 0.3) is 0 Å². The topological polar surface area (TPSA) is 117 Å². The second kappa shape index (κ2) is 17.2. The Bertz CT molecular complexity index is 1900. The van der Waals surface area contributed by atoms with E-state index in [1.165, 1.54) is 31.4 Å². The summed E-state index contributed by atoms with van der Waals surface area (Å²) in [5, 5.41) is 9.26. The maximum atomic E-state index is 15.5. The lowest BCUT2D eigenvalue weighted by Gasteiger charge is -2.40. The number of piperazine rings is 1. The van der Waals surface area contributed by atoms with Gasteiger partial charge in [0.25, 0.3) is 0 Å². The summed E-state index contributed by atoms with van der Waals surface area (Å²) in [6.45, 7) is 2.81. The number of ether oxygens (including phenoxy) is 1. The predicted octanol–water partition coefficient (Wildman–Crippen LogP) is 6.68. The molecule has 0 unspecified atom stereocenters.